The van der Waals surface area contributed by atoms with E-state index < -0.39 is 35.0 Å². The number of unbranched alkanes of at least 4 members (excludes halogenated alkanes) is 3. The maximum absolute atomic E-state index is 13.9. The van der Waals surface area contributed by atoms with Crippen molar-refractivity contribution >= 4 is 17.8 Å². The van der Waals surface area contributed by atoms with Crippen LogP contribution in [0, 0.1) is 17.8 Å². The SMILES string of the molecule is CCOC(=O)[C@@H]1[C@H]2C(=O)N(CCCCCCO)C(C(=O)NCc3ccccc3)C23CC(C)[C@@]1(C)O3. The van der Waals surface area contributed by atoms with Crippen molar-refractivity contribution in [3.8, 4) is 0 Å². The lowest BCUT2D eigenvalue weighted by molar-refractivity contribution is -0.161. The average molecular weight is 487 g/mol. The summed E-state index contributed by atoms with van der Waals surface area (Å²) < 4.78 is 12.0. The minimum atomic E-state index is -1.05. The Kier molecular flexibility index (Phi) is 7.52. The number of aliphatic hydroxyl groups excluding tert-OH is 1. The van der Waals surface area contributed by atoms with Gasteiger partial charge >= 0.3 is 5.97 Å². The lowest BCUT2D eigenvalue weighted by atomic mass is 9.62. The largest absolute Gasteiger partial charge is 0.466 e. The maximum atomic E-state index is 13.9. The van der Waals surface area contributed by atoms with Crippen LogP contribution in [0.4, 0.5) is 0 Å². The van der Waals surface area contributed by atoms with Crippen LogP contribution in [-0.4, -0.2) is 64.8 Å². The Morgan fingerprint density at radius 2 is 1.91 bits per heavy atom. The number of hydrogen-bond donors (Lipinski definition) is 2. The van der Waals surface area contributed by atoms with Crippen LogP contribution in [0.1, 0.15) is 58.4 Å². The zero-order valence-corrected chi connectivity index (χ0v) is 21.0. The minimum absolute atomic E-state index is 0.00474. The van der Waals surface area contributed by atoms with Crippen LogP contribution in [0.2, 0.25) is 0 Å². The highest BCUT2D eigenvalue weighted by Gasteiger charge is 2.80. The number of esters is 1. The third kappa shape index (κ3) is 4.35. The molecule has 192 valence electrons. The smallest absolute Gasteiger partial charge is 0.312 e. The fourth-order valence-corrected chi connectivity index (χ4v) is 6.50. The van der Waals surface area contributed by atoms with E-state index in [0.29, 0.717) is 32.4 Å². The van der Waals surface area contributed by atoms with Gasteiger partial charge in [-0.15, -0.1) is 0 Å². The first-order valence-corrected chi connectivity index (χ1v) is 12.9. The number of amides is 2. The van der Waals surface area contributed by atoms with Gasteiger partial charge in [0, 0.05) is 19.7 Å². The number of carbonyl (C=O) groups is 3. The lowest BCUT2D eigenvalue weighted by Crippen LogP contribution is -2.55. The molecule has 3 heterocycles. The Bertz CT molecular complexity index is 939. The molecule has 8 nitrogen and oxygen atoms in total. The Morgan fingerprint density at radius 1 is 1.20 bits per heavy atom. The first-order valence-electron chi connectivity index (χ1n) is 12.9. The number of carbonyl (C=O) groups excluding carboxylic acids is 3. The van der Waals surface area contributed by atoms with Gasteiger partial charge < -0.3 is 24.8 Å². The van der Waals surface area contributed by atoms with Gasteiger partial charge in [0.1, 0.15) is 17.6 Å². The van der Waals surface area contributed by atoms with Crippen molar-refractivity contribution in [3.05, 3.63) is 35.9 Å². The second-order valence-corrected chi connectivity index (χ2v) is 10.3. The summed E-state index contributed by atoms with van der Waals surface area (Å²) in [5.41, 5.74) is -0.928. The molecule has 0 aliphatic carbocycles. The number of rotatable bonds is 11. The molecular weight excluding hydrogens is 448 g/mol. The molecule has 3 unspecified atom stereocenters. The van der Waals surface area contributed by atoms with Gasteiger partial charge in [-0.3, -0.25) is 14.4 Å². The third-order valence-corrected chi connectivity index (χ3v) is 8.22. The minimum Gasteiger partial charge on any atom is -0.466 e. The number of fused-ring (bicyclic) bond motifs is 1. The summed E-state index contributed by atoms with van der Waals surface area (Å²) in [5.74, 6) is -2.33. The van der Waals surface area contributed by atoms with Gasteiger partial charge in [0.15, 0.2) is 0 Å². The molecule has 1 aromatic rings. The van der Waals surface area contributed by atoms with Crippen molar-refractivity contribution in [3.63, 3.8) is 0 Å². The summed E-state index contributed by atoms with van der Waals surface area (Å²) in [7, 11) is 0. The second kappa shape index (κ2) is 10.3. The highest BCUT2D eigenvalue weighted by Crippen LogP contribution is 2.65. The Morgan fingerprint density at radius 3 is 2.60 bits per heavy atom. The summed E-state index contributed by atoms with van der Waals surface area (Å²) in [4.78, 5) is 42.3. The number of hydrogen-bond acceptors (Lipinski definition) is 6. The van der Waals surface area contributed by atoms with Crippen LogP contribution in [0.25, 0.3) is 0 Å². The quantitative estimate of drug-likeness (QED) is 0.368. The van der Waals surface area contributed by atoms with E-state index >= 15 is 0 Å². The number of ether oxygens (including phenoxy) is 2. The molecule has 2 N–H and O–H groups in total. The van der Waals surface area contributed by atoms with E-state index in [-0.39, 0.29) is 30.9 Å². The molecule has 0 radical (unpaired) electrons. The van der Waals surface area contributed by atoms with Gasteiger partial charge in [-0.25, -0.2) is 0 Å². The summed E-state index contributed by atoms with van der Waals surface area (Å²) in [6.07, 6.45) is 3.67. The molecular formula is C27H38N2O6. The van der Waals surface area contributed by atoms with E-state index in [1.807, 2.05) is 44.2 Å². The Hall–Kier alpha value is -2.45. The molecule has 6 atom stereocenters. The van der Waals surface area contributed by atoms with Crippen LogP contribution in [0.3, 0.4) is 0 Å². The Balaban J connectivity index is 1.63. The van der Waals surface area contributed by atoms with Crippen LogP contribution >= 0.6 is 0 Å². The molecule has 1 spiro atoms. The average Bonchev–Trinajstić information content (AvgIpc) is 3.35. The highest BCUT2D eigenvalue weighted by molar-refractivity contribution is 5.98. The molecule has 3 fully saturated rings. The number of nitrogens with one attached hydrogen (secondary N) is 1. The number of nitrogens with zero attached hydrogens (tertiary/aromatic N) is 1. The number of aliphatic hydroxyl groups is 1. The van der Waals surface area contributed by atoms with E-state index in [0.717, 1.165) is 18.4 Å². The fourth-order valence-electron chi connectivity index (χ4n) is 6.50. The van der Waals surface area contributed by atoms with Crippen molar-refractivity contribution in [1.29, 1.82) is 0 Å². The zero-order valence-electron chi connectivity index (χ0n) is 21.0. The van der Waals surface area contributed by atoms with E-state index in [2.05, 4.69) is 5.32 Å². The fraction of sp³-hybridized carbons (Fsp3) is 0.667. The zero-order chi connectivity index (χ0) is 25.2. The maximum Gasteiger partial charge on any atom is 0.312 e. The van der Waals surface area contributed by atoms with Crippen molar-refractivity contribution in [2.24, 2.45) is 17.8 Å². The molecule has 2 amide bonds. The van der Waals surface area contributed by atoms with Crippen LogP contribution in [-0.2, 0) is 30.4 Å². The van der Waals surface area contributed by atoms with Crippen molar-refractivity contribution in [2.75, 3.05) is 19.8 Å². The van der Waals surface area contributed by atoms with E-state index in [1.54, 1.807) is 11.8 Å². The van der Waals surface area contributed by atoms with Gasteiger partial charge in [0.2, 0.25) is 11.8 Å². The predicted molar refractivity (Wildman–Crippen MR) is 129 cm³/mol. The van der Waals surface area contributed by atoms with Gasteiger partial charge in [-0.2, -0.15) is 0 Å². The van der Waals surface area contributed by atoms with Crippen LogP contribution < -0.4 is 5.32 Å². The third-order valence-electron chi connectivity index (χ3n) is 8.22. The van der Waals surface area contributed by atoms with Gasteiger partial charge in [0.05, 0.1) is 18.1 Å². The summed E-state index contributed by atoms with van der Waals surface area (Å²) in [6.45, 7) is 6.80. The molecule has 3 saturated heterocycles. The molecule has 3 aliphatic rings. The summed E-state index contributed by atoms with van der Waals surface area (Å²) in [6, 6.07) is 8.84. The van der Waals surface area contributed by atoms with Crippen LogP contribution in [0.5, 0.6) is 0 Å². The standard InChI is InChI=1S/C27H38N2O6/c1-4-34-25(33)21-20-24(32)29(14-10-5-6-11-15-30)22(27(20)16-18(2)26(21,3)35-27)23(31)28-17-19-12-8-7-9-13-19/h7-9,12-13,18,20-22,30H,4-6,10-11,14-17H2,1-3H3,(H,28,31)/t18?,20-,21-,22?,26+,27?/m0/s1. The molecule has 1 aromatic carbocycles. The van der Waals surface area contributed by atoms with Crippen molar-refractivity contribution in [2.45, 2.75) is 76.7 Å². The molecule has 2 bridgehead atoms. The summed E-state index contributed by atoms with van der Waals surface area (Å²) in [5, 5.41) is 12.1. The lowest BCUT2D eigenvalue weighted by Gasteiger charge is -2.35. The first-order chi connectivity index (χ1) is 16.8. The molecule has 4 rings (SSSR count). The highest BCUT2D eigenvalue weighted by atomic mass is 16.6. The second-order valence-electron chi connectivity index (χ2n) is 10.3. The van der Waals surface area contributed by atoms with Gasteiger partial charge in [-0.05, 0) is 44.6 Å². The van der Waals surface area contributed by atoms with Crippen molar-refractivity contribution in [1.82, 2.24) is 10.2 Å². The van der Waals surface area contributed by atoms with E-state index in [4.69, 9.17) is 14.6 Å². The monoisotopic (exact) mass is 486 g/mol. The molecule has 35 heavy (non-hydrogen) atoms. The topological polar surface area (TPSA) is 105 Å². The normalized spacial score (nSPS) is 33.1. The molecule has 8 heteroatoms. The molecule has 0 saturated carbocycles. The number of likely N-dealkylation sites (tertiary alicyclic amines) is 1. The van der Waals surface area contributed by atoms with Gasteiger partial charge in [-0.1, -0.05) is 50.1 Å². The first kappa shape index (κ1) is 25.6. The Labute approximate surface area is 207 Å². The van der Waals surface area contributed by atoms with Gasteiger partial charge in [0.25, 0.3) is 0 Å². The van der Waals surface area contributed by atoms with Crippen molar-refractivity contribution < 1.29 is 29.0 Å². The van der Waals surface area contributed by atoms with Crippen LogP contribution in [0.15, 0.2) is 30.3 Å². The molecule has 0 aromatic heterocycles. The summed E-state index contributed by atoms with van der Waals surface area (Å²) >= 11 is 0. The van der Waals surface area contributed by atoms with E-state index in [9.17, 15) is 14.4 Å². The van der Waals surface area contributed by atoms with E-state index in [1.165, 1.54) is 0 Å². The predicted octanol–water partition coefficient (Wildman–Crippen LogP) is 2.43. The number of benzene rings is 1. The molecule has 3 aliphatic heterocycles.